The second-order valence-electron chi connectivity index (χ2n) is 4.62. The molecule has 0 bridgehead atoms. The molecule has 0 atom stereocenters. The SMILES string of the molecule is CCc1ccccc1C(=O)NC(CC)(CC)C(N)=S. The summed E-state index contributed by atoms with van der Waals surface area (Å²) in [7, 11) is 0. The fourth-order valence-electron chi connectivity index (χ4n) is 2.17. The van der Waals surface area contributed by atoms with Crippen molar-refractivity contribution in [2.24, 2.45) is 5.73 Å². The van der Waals surface area contributed by atoms with Crippen LogP contribution in [0.15, 0.2) is 24.3 Å². The van der Waals surface area contributed by atoms with E-state index in [1.165, 1.54) is 0 Å². The second kappa shape index (κ2) is 6.66. The van der Waals surface area contributed by atoms with Gasteiger partial charge < -0.3 is 11.1 Å². The van der Waals surface area contributed by atoms with Crippen LogP contribution in [0.2, 0.25) is 0 Å². The molecule has 0 unspecified atom stereocenters. The zero-order valence-electron chi connectivity index (χ0n) is 11.8. The van der Waals surface area contributed by atoms with Crippen molar-refractivity contribution in [3.63, 3.8) is 0 Å². The molecule has 0 aromatic heterocycles. The molecule has 4 heteroatoms. The average molecular weight is 278 g/mol. The molecule has 0 aliphatic rings. The molecule has 19 heavy (non-hydrogen) atoms. The molecule has 1 amide bonds. The minimum Gasteiger partial charge on any atom is -0.391 e. The van der Waals surface area contributed by atoms with Crippen molar-refractivity contribution < 1.29 is 4.79 Å². The van der Waals surface area contributed by atoms with Crippen LogP contribution in [0.25, 0.3) is 0 Å². The molecule has 0 heterocycles. The molecule has 0 aliphatic carbocycles. The van der Waals surface area contributed by atoms with Gasteiger partial charge in [0.1, 0.15) is 0 Å². The van der Waals surface area contributed by atoms with Crippen molar-refractivity contribution in [3.05, 3.63) is 35.4 Å². The van der Waals surface area contributed by atoms with E-state index in [0.717, 1.165) is 12.0 Å². The third-order valence-electron chi connectivity index (χ3n) is 3.67. The molecule has 0 saturated carbocycles. The maximum Gasteiger partial charge on any atom is 0.252 e. The summed E-state index contributed by atoms with van der Waals surface area (Å²) in [6.07, 6.45) is 2.21. The molecule has 1 aromatic carbocycles. The molecule has 0 radical (unpaired) electrons. The van der Waals surface area contributed by atoms with Crippen LogP contribution in [0, 0.1) is 0 Å². The Kier molecular flexibility index (Phi) is 5.48. The average Bonchev–Trinajstić information content (AvgIpc) is 2.44. The Bertz CT molecular complexity index is 467. The zero-order chi connectivity index (χ0) is 14.5. The smallest absolute Gasteiger partial charge is 0.252 e. The van der Waals surface area contributed by atoms with Gasteiger partial charge in [-0.1, -0.05) is 51.2 Å². The third-order valence-corrected chi connectivity index (χ3v) is 4.07. The topological polar surface area (TPSA) is 55.1 Å². The number of benzene rings is 1. The summed E-state index contributed by atoms with van der Waals surface area (Å²) in [5.74, 6) is -0.103. The van der Waals surface area contributed by atoms with E-state index >= 15 is 0 Å². The summed E-state index contributed by atoms with van der Waals surface area (Å²) in [5, 5.41) is 3.02. The third kappa shape index (κ3) is 3.32. The number of nitrogens with one attached hydrogen (secondary N) is 1. The first-order valence-corrected chi connectivity index (χ1v) is 7.11. The number of amides is 1. The van der Waals surface area contributed by atoms with Gasteiger partial charge in [-0.25, -0.2) is 0 Å². The van der Waals surface area contributed by atoms with E-state index in [0.29, 0.717) is 23.4 Å². The second-order valence-corrected chi connectivity index (χ2v) is 5.06. The Morgan fingerprint density at radius 3 is 2.32 bits per heavy atom. The highest BCUT2D eigenvalue weighted by atomic mass is 32.1. The molecular formula is C15H22N2OS. The van der Waals surface area contributed by atoms with E-state index in [1.54, 1.807) is 0 Å². The number of nitrogens with two attached hydrogens (primary N) is 1. The van der Waals surface area contributed by atoms with E-state index < -0.39 is 5.54 Å². The molecular weight excluding hydrogens is 256 g/mol. The predicted octanol–water partition coefficient (Wildman–Crippen LogP) is 2.82. The maximum atomic E-state index is 12.4. The van der Waals surface area contributed by atoms with Crippen LogP contribution in [0.1, 0.15) is 49.5 Å². The maximum absolute atomic E-state index is 12.4. The van der Waals surface area contributed by atoms with E-state index in [1.807, 2.05) is 45.0 Å². The van der Waals surface area contributed by atoms with Crippen molar-refractivity contribution in [3.8, 4) is 0 Å². The Morgan fingerprint density at radius 2 is 1.84 bits per heavy atom. The van der Waals surface area contributed by atoms with Crippen molar-refractivity contribution in [1.82, 2.24) is 5.32 Å². The highest BCUT2D eigenvalue weighted by Crippen LogP contribution is 2.18. The van der Waals surface area contributed by atoms with Crippen LogP contribution in [-0.4, -0.2) is 16.4 Å². The minimum absolute atomic E-state index is 0.103. The van der Waals surface area contributed by atoms with E-state index in [9.17, 15) is 4.79 Å². The number of hydrogen-bond donors (Lipinski definition) is 2. The lowest BCUT2D eigenvalue weighted by Gasteiger charge is -2.32. The molecule has 0 spiro atoms. The number of rotatable bonds is 6. The lowest BCUT2D eigenvalue weighted by atomic mass is 9.91. The zero-order valence-corrected chi connectivity index (χ0v) is 12.6. The number of carbonyl (C=O) groups excluding carboxylic acids is 1. The van der Waals surface area contributed by atoms with Crippen molar-refractivity contribution >= 4 is 23.1 Å². The molecule has 3 N–H and O–H groups in total. The number of hydrogen-bond acceptors (Lipinski definition) is 2. The number of carbonyl (C=O) groups is 1. The van der Waals surface area contributed by atoms with Gasteiger partial charge in [0.2, 0.25) is 0 Å². The van der Waals surface area contributed by atoms with Gasteiger partial charge in [0, 0.05) is 5.56 Å². The standard InChI is InChI=1S/C15H22N2OS/c1-4-11-9-7-8-10-12(11)13(18)17-15(5-2,6-3)14(16)19/h7-10H,4-6H2,1-3H3,(H2,16,19)(H,17,18). The van der Waals surface area contributed by atoms with Gasteiger partial charge in [-0.3, -0.25) is 4.79 Å². The van der Waals surface area contributed by atoms with Gasteiger partial charge in [-0.05, 0) is 30.9 Å². The molecule has 0 saturated heterocycles. The highest BCUT2D eigenvalue weighted by molar-refractivity contribution is 7.80. The van der Waals surface area contributed by atoms with E-state index in [2.05, 4.69) is 5.32 Å². The fraction of sp³-hybridized carbons (Fsp3) is 0.467. The first kappa shape index (κ1) is 15.6. The number of aryl methyl sites for hydroxylation is 1. The summed E-state index contributed by atoms with van der Waals surface area (Å²) in [6.45, 7) is 6.00. The van der Waals surface area contributed by atoms with Crippen LogP contribution in [0.3, 0.4) is 0 Å². The predicted molar refractivity (Wildman–Crippen MR) is 83.4 cm³/mol. The van der Waals surface area contributed by atoms with Gasteiger partial charge in [0.25, 0.3) is 5.91 Å². The minimum atomic E-state index is -0.590. The number of thiocarbonyl (C=S) groups is 1. The van der Waals surface area contributed by atoms with Gasteiger partial charge in [0.15, 0.2) is 0 Å². The first-order chi connectivity index (χ1) is 9.00. The van der Waals surface area contributed by atoms with Crippen LogP contribution in [-0.2, 0) is 6.42 Å². The van der Waals surface area contributed by atoms with Gasteiger partial charge in [-0.2, -0.15) is 0 Å². The Labute approximate surface area is 120 Å². The molecule has 1 aromatic rings. The van der Waals surface area contributed by atoms with Crippen LogP contribution in [0.5, 0.6) is 0 Å². The van der Waals surface area contributed by atoms with Crippen LogP contribution >= 0.6 is 12.2 Å². The normalized spacial score (nSPS) is 11.1. The molecule has 0 fully saturated rings. The Balaban J connectivity index is 3.04. The lowest BCUT2D eigenvalue weighted by molar-refractivity contribution is 0.0919. The largest absolute Gasteiger partial charge is 0.391 e. The summed E-state index contributed by atoms with van der Waals surface area (Å²) in [4.78, 5) is 12.8. The van der Waals surface area contributed by atoms with Gasteiger partial charge >= 0.3 is 0 Å². The quantitative estimate of drug-likeness (QED) is 0.787. The Hall–Kier alpha value is -1.42. The monoisotopic (exact) mass is 278 g/mol. The van der Waals surface area contributed by atoms with Crippen LogP contribution < -0.4 is 11.1 Å². The van der Waals surface area contributed by atoms with E-state index in [-0.39, 0.29) is 5.91 Å². The molecule has 3 nitrogen and oxygen atoms in total. The summed E-state index contributed by atoms with van der Waals surface area (Å²) in [6, 6.07) is 7.61. The summed E-state index contributed by atoms with van der Waals surface area (Å²) < 4.78 is 0. The molecule has 104 valence electrons. The molecule has 0 aliphatic heterocycles. The van der Waals surface area contributed by atoms with Crippen molar-refractivity contribution in [1.29, 1.82) is 0 Å². The summed E-state index contributed by atoms with van der Waals surface area (Å²) >= 11 is 5.12. The van der Waals surface area contributed by atoms with Crippen molar-refractivity contribution in [2.75, 3.05) is 0 Å². The lowest BCUT2D eigenvalue weighted by Crippen LogP contribution is -2.56. The van der Waals surface area contributed by atoms with Gasteiger partial charge in [-0.15, -0.1) is 0 Å². The first-order valence-electron chi connectivity index (χ1n) is 6.71. The highest BCUT2D eigenvalue weighted by Gasteiger charge is 2.31. The Morgan fingerprint density at radius 1 is 1.26 bits per heavy atom. The van der Waals surface area contributed by atoms with Crippen LogP contribution in [0.4, 0.5) is 0 Å². The summed E-state index contributed by atoms with van der Waals surface area (Å²) in [5.41, 5.74) is 6.95. The van der Waals surface area contributed by atoms with Gasteiger partial charge in [0.05, 0.1) is 10.5 Å². The van der Waals surface area contributed by atoms with E-state index in [4.69, 9.17) is 18.0 Å². The molecule has 1 rings (SSSR count). The van der Waals surface area contributed by atoms with Crippen molar-refractivity contribution in [2.45, 2.75) is 45.6 Å². The fourth-order valence-corrected chi connectivity index (χ4v) is 2.51.